The molecule has 27 heavy (non-hydrogen) atoms. The van der Waals surface area contributed by atoms with Gasteiger partial charge in [-0.15, -0.1) is 0 Å². The summed E-state index contributed by atoms with van der Waals surface area (Å²) in [6.45, 7) is 0. The lowest BCUT2D eigenvalue weighted by atomic mass is 10.1. The Labute approximate surface area is 181 Å². The third-order valence-corrected chi connectivity index (χ3v) is 6.36. The summed E-state index contributed by atoms with van der Waals surface area (Å²) in [6.07, 6.45) is 21.2. The number of rotatable bonds is 22. The van der Waals surface area contributed by atoms with E-state index in [1.807, 2.05) is 0 Å². The highest BCUT2D eigenvalue weighted by Crippen LogP contribution is 2.15. The van der Waals surface area contributed by atoms with E-state index in [2.05, 4.69) is 11.8 Å². The maximum atomic E-state index is 10.6. The molecule has 0 heterocycles. The van der Waals surface area contributed by atoms with Crippen LogP contribution in [0.4, 0.5) is 0 Å². The topological polar surface area (TPSA) is 34.1 Å². The average molecular weight is 440 g/mol. The lowest BCUT2D eigenvalue weighted by molar-refractivity contribution is -0.112. The van der Waals surface area contributed by atoms with E-state index in [9.17, 15) is 9.59 Å². The summed E-state index contributed by atoms with van der Waals surface area (Å²) in [7, 11) is 0. The molecule has 0 bridgehead atoms. The lowest BCUT2D eigenvalue weighted by Crippen LogP contribution is -1.88. The second-order valence-electron chi connectivity index (χ2n) is 7.48. The van der Waals surface area contributed by atoms with Crippen LogP contribution in [0, 0.1) is 0 Å². The van der Waals surface area contributed by atoms with Crippen molar-refractivity contribution in [3.05, 3.63) is 0 Å². The monoisotopic (exact) mass is 438 g/mol. The quantitative estimate of drug-likeness (QED) is 0.126. The molecule has 0 spiro atoms. The molecule has 0 aliphatic carbocycles. The van der Waals surface area contributed by atoms with Gasteiger partial charge in [-0.2, -0.15) is 11.8 Å². The van der Waals surface area contributed by atoms with Gasteiger partial charge in [-0.1, -0.05) is 77.0 Å². The standard InChI is InChI=1S/C22H40Cl2O2S/c23-21(25)17-13-9-5-1-3-7-11-15-19-27-20-16-12-8-4-2-6-10-14-18-22(24)26/h1-20H2. The van der Waals surface area contributed by atoms with Gasteiger partial charge in [0.2, 0.25) is 10.5 Å². The van der Waals surface area contributed by atoms with Gasteiger partial charge in [0.15, 0.2) is 0 Å². The molecule has 0 aromatic rings. The van der Waals surface area contributed by atoms with Crippen molar-refractivity contribution in [2.75, 3.05) is 11.5 Å². The third-order valence-electron chi connectivity index (χ3n) is 4.82. The first-order valence-corrected chi connectivity index (χ1v) is 13.0. The molecular formula is C22H40Cl2O2S. The molecule has 0 saturated carbocycles. The molecule has 0 fully saturated rings. The van der Waals surface area contributed by atoms with Crippen molar-refractivity contribution in [2.45, 2.75) is 116 Å². The Morgan fingerprint density at radius 3 is 1.00 bits per heavy atom. The zero-order valence-corrected chi connectivity index (χ0v) is 19.5. The first-order valence-electron chi connectivity index (χ1n) is 11.1. The average Bonchev–Trinajstić information content (AvgIpc) is 2.62. The van der Waals surface area contributed by atoms with E-state index in [0.717, 1.165) is 25.7 Å². The SMILES string of the molecule is O=C(Cl)CCCCCCCCCCSCCCCCCCCCCC(=O)Cl. The summed E-state index contributed by atoms with van der Waals surface area (Å²) in [6, 6.07) is 0. The molecule has 0 atom stereocenters. The van der Waals surface area contributed by atoms with Gasteiger partial charge in [0.1, 0.15) is 0 Å². The van der Waals surface area contributed by atoms with Crippen molar-refractivity contribution in [3.8, 4) is 0 Å². The van der Waals surface area contributed by atoms with Crippen molar-refractivity contribution in [2.24, 2.45) is 0 Å². The fourth-order valence-electron chi connectivity index (χ4n) is 3.16. The van der Waals surface area contributed by atoms with Crippen molar-refractivity contribution in [3.63, 3.8) is 0 Å². The summed E-state index contributed by atoms with van der Waals surface area (Å²) >= 11 is 12.8. The first kappa shape index (κ1) is 27.3. The van der Waals surface area contributed by atoms with Gasteiger partial charge in [-0.25, -0.2) is 0 Å². The maximum Gasteiger partial charge on any atom is 0.221 e. The fraction of sp³-hybridized carbons (Fsp3) is 0.909. The second kappa shape index (κ2) is 22.6. The van der Waals surface area contributed by atoms with Crippen molar-refractivity contribution >= 4 is 45.4 Å². The number of hydrogen-bond donors (Lipinski definition) is 0. The van der Waals surface area contributed by atoms with E-state index in [1.165, 1.54) is 88.6 Å². The largest absolute Gasteiger partial charge is 0.281 e. The summed E-state index contributed by atoms with van der Waals surface area (Å²) < 4.78 is 0. The highest BCUT2D eigenvalue weighted by atomic mass is 35.5. The van der Waals surface area contributed by atoms with Crippen LogP contribution in [-0.4, -0.2) is 22.0 Å². The molecule has 5 heteroatoms. The highest BCUT2D eigenvalue weighted by molar-refractivity contribution is 7.99. The van der Waals surface area contributed by atoms with Crippen LogP contribution in [0.2, 0.25) is 0 Å². The molecule has 0 unspecified atom stereocenters. The zero-order chi connectivity index (χ0) is 20.0. The normalized spacial score (nSPS) is 11.0. The molecule has 0 aromatic heterocycles. The fourth-order valence-corrected chi connectivity index (χ4v) is 4.45. The Balaban J connectivity index is 3.01. The number of unbranched alkanes of at least 4 members (excludes halogenated alkanes) is 14. The van der Waals surface area contributed by atoms with Crippen LogP contribution in [0.15, 0.2) is 0 Å². The minimum Gasteiger partial charge on any atom is -0.281 e. The predicted octanol–water partition coefficient (Wildman–Crippen LogP) is 8.27. The van der Waals surface area contributed by atoms with E-state index in [4.69, 9.17) is 23.2 Å². The van der Waals surface area contributed by atoms with Crippen LogP contribution >= 0.6 is 35.0 Å². The summed E-state index contributed by atoms with van der Waals surface area (Å²) in [5, 5.41) is -0.387. The van der Waals surface area contributed by atoms with Gasteiger partial charge < -0.3 is 0 Å². The van der Waals surface area contributed by atoms with Gasteiger partial charge in [0.05, 0.1) is 0 Å². The third kappa shape index (κ3) is 26.3. The van der Waals surface area contributed by atoms with Crippen molar-refractivity contribution < 1.29 is 9.59 Å². The van der Waals surface area contributed by atoms with E-state index < -0.39 is 0 Å². The number of hydrogen-bond acceptors (Lipinski definition) is 3. The van der Waals surface area contributed by atoms with E-state index in [1.54, 1.807) is 0 Å². The second-order valence-corrected chi connectivity index (χ2v) is 9.55. The van der Waals surface area contributed by atoms with Crippen LogP contribution in [0.25, 0.3) is 0 Å². The highest BCUT2D eigenvalue weighted by Gasteiger charge is 1.98. The maximum absolute atomic E-state index is 10.6. The van der Waals surface area contributed by atoms with E-state index in [-0.39, 0.29) is 10.5 Å². The molecule has 0 rings (SSSR count). The Kier molecular flexibility index (Phi) is 22.8. The molecule has 160 valence electrons. The Morgan fingerprint density at radius 1 is 0.444 bits per heavy atom. The van der Waals surface area contributed by atoms with Crippen molar-refractivity contribution in [1.82, 2.24) is 0 Å². The minimum atomic E-state index is -0.194. The first-order chi connectivity index (χ1) is 13.1. The van der Waals surface area contributed by atoms with Crippen LogP contribution in [0.1, 0.15) is 116 Å². The molecule has 0 aliphatic heterocycles. The molecule has 0 N–H and O–H groups in total. The number of carbonyl (C=O) groups is 2. The van der Waals surface area contributed by atoms with Crippen LogP contribution in [0.3, 0.4) is 0 Å². The molecule has 2 nitrogen and oxygen atoms in total. The van der Waals surface area contributed by atoms with Crippen LogP contribution < -0.4 is 0 Å². The molecule has 0 aromatic carbocycles. The van der Waals surface area contributed by atoms with Gasteiger partial charge in [0.25, 0.3) is 0 Å². The minimum absolute atomic E-state index is 0.194. The zero-order valence-electron chi connectivity index (χ0n) is 17.1. The predicted molar refractivity (Wildman–Crippen MR) is 122 cm³/mol. The van der Waals surface area contributed by atoms with E-state index >= 15 is 0 Å². The van der Waals surface area contributed by atoms with Crippen molar-refractivity contribution in [1.29, 1.82) is 0 Å². The van der Waals surface area contributed by atoms with Gasteiger partial charge in [-0.3, -0.25) is 9.59 Å². The molecule has 0 radical (unpaired) electrons. The van der Waals surface area contributed by atoms with Gasteiger partial charge >= 0.3 is 0 Å². The summed E-state index contributed by atoms with van der Waals surface area (Å²) in [5.74, 6) is 2.63. The smallest absolute Gasteiger partial charge is 0.221 e. The van der Waals surface area contributed by atoms with Gasteiger partial charge in [-0.05, 0) is 60.4 Å². The number of carbonyl (C=O) groups excluding carboxylic acids is 2. The Morgan fingerprint density at radius 2 is 0.704 bits per heavy atom. The number of halogens is 2. The number of thioether (sulfide) groups is 1. The summed E-state index contributed by atoms with van der Waals surface area (Å²) in [4.78, 5) is 21.2. The molecular weight excluding hydrogens is 399 g/mol. The van der Waals surface area contributed by atoms with Crippen LogP contribution in [-0.2, 0) is 9.59 Å². The molecule has 0 saturated heterocycles. The summed E-state index contributed by atoms with van der Waals surface area (Å²) in [5.41, 5.74) is 0. The Bertz CT molecular complexity index is 319. The van der Waals surface area contributed by atoms with Crippen LogP contribution in [0.5, 0.6) is 0 Å². The molecule has 0 amide bonds. The Hall–Kier alpha value is 0.270. The molecule has 0 aliphatic rings. The van der Waals surface area contributed by atoms with Gasteiger partial charge in [0, 0.05) is 12.8 Å². The van der Waals surface area contributed by atoms with E-state index in [0.29, 0.717) is 12.8 Å². The lowest BCUT2D eigenvalue weighted by Gasteiger charge is -2.04.